The molecule has 0 aliphatic heterocycles. The maximum absolute atomic E-state index is 2.38. The van der Waals surface area contributed by atoms with Gasteiger partial charge in [-0.1, -0.05) is 140 Å². The highest BCUT2D eigenvalue weighted by molar-refractivity contribution is 6.10. The molecule has 0 bridgehead atoms. The summed E-state index contributed by atoms with van der Waals surface area (Å²) in [7, 11) is 0. The lowest BCUT2D eigenvalue weighted by atomic mass is 9.91. The van der Waals surface area contributed by atoms with E-state index < -0.39 is 0 Å². The predicted octanol–water partition coefficient (Wildman–Crippen LogP) is 12.9. The number of rotatable bonds is 7. The van der Waals surface area contributed by atoms with Crippen molar-refractivity contribution >= 4 is 33.2 Å². The molecular weight excluding hydrogens is 605 g/mol. The first-order chi connectivity index (χ1) is 24.8. The molecule has 1 unspecified atom stereocenters. The molecule has 0 fully saturated rings. The van der Waals surface area contributed by atoms with E-state index in [4.69, 9.17) is 0 Å². The Bertz CT molecular complexity index is 2470. The summed E-state index contributed by atoms with van der Waals surface area (Å²) in [5.41, 5.74) is 13.3. The standard InChI is InChI=1S/C48H36N2/c1-4-12-35(13-5-1)37-20-27-42(28-21-37)49(43-29-22-38(23-30-43)36-14-6-2-7-15-36)44-31-24-39(25-32-44)40-26-33-48-46(34-40)45-18-10-11-19-47(45)50(48)41-16-8-3-9-17-41/h1-22,24-34,38H,23H2. The molecule has 8 aromatic rings. The van der Waals surface area contributed by atoms with Gasteiger partial charge in [0.05, 0.1) is 11.0 Å². The van der Waals surface area contributed by atoms with Crippen LogP contribution >= 0.6 is 0 Å². The molecule has 1 aliphatic carbocycles. The van der Waals surface area contributed by atoms with Crippen LogP contribution < -0.4 is 4.90 Å². The number of nitrogens with zero attached hydrogens (tertiary/aromatic N) is 2. The first-order valence-electron chi connectivity index (χ1n) is 17.4. The van der Waals surface area contributed by atoms with Crippen molar-refractivity contribution in [1.29, 1.82) is 0 Å². The summed E-state index contributed by atoms with van der Waals surface area (Å²) in [5.74, 6) is 0.382. The second-order valence-corrected chi connectivity index (χ2v) is 13.0. The second kappa shape index (κ2) is 12.9. The number of fused-ring (bicyclic) bond motifs is 3. The van der Waals surface area contributed by atoms with Crippen molar-refractivity contribution in [3.8, 4) is 27.9 Å². The normalized spacial score (nSPS) is 14.2. The zero-order chi connectivity index (χ0) is 33.3. The maximum atomic E-state index is 2.38. The Morgan fingerprint density at radius 1 is 0.460 bits per heavy atom. The van der Waals surface area contributed by atoms with Gasteiger partial charge in [-0.15, -0.1) is 0 Å². The van der Waals surface area contributed by atoms with Crippen molar-refractivity contribution in [1.82, 2.24) is 4.57 Å². The van der Waals surface area contributed by atoms with Gasteiger partial charge in [-0.25, -0.2) is 0 Å². The summed E-state index contributed by atoms with van der Waals surface area (Å²) < 4.78 is 2.37. The monoisotopic (exact) mass is 640 g/mol. The van der Waals surface area contributed by atoms with Gasteiger partial charge in [0, 0.05) is 39.4 Å². The molecule has 1 aliphatic rings. The first kappa shape index (κ1) is 29.7. The van der Waals surface area contributed by atoms with E-state index in [-0.39, 0.29) is 0 Å². The molecule has 0 spiro atoms. The molecule has 238 valence electrons. The first-order valence-corrected chi connectivity index (χ1v) is 17.4. The average molecular weight is 641 g/mol. The molecule has 1 atom stereocenters. The van der Waals surface area contributed by atoms with Crippen LogP contribution in [0.5, 0.6) is 0 Å². The third-order valence-corrected chi connectivity index (χ3v) is 9.94. The summed E-state index contributed by atoms with van der Waals surface area (Å²) in [6, 6.07) is 65.6. The third kappa shape index (κ3) is 5.51. The number of anilines is 2. The van der Waals surface area contributed by atoms with Crippen LogP contribution in [0.2, 0.25) is 0 Å². The lowest BCUT2D eigenvalue weighted by Gasteiger charge is -2.29. The molecule has 9 rings (SSSR count). The Morgan fingerprint density at radius 3 is 1.66 bits per heavy atom. The summed E-state index contributed by atoms with van der Waals surface area (Å²) in [4.78, 5) is 2.38. The van der Waals surface area contributed by atoms with Gasteiger partial charge in [-0.05, 0) is 94.9 Å². The van der Waals surface area contributed by atoms with E-state index in [2.05, 4.69) is 210 Å². The van der Waals surface area contributed by atoms with Crippen molar-refractivity contribution in [2.24, 2.45) is 0 Å². The molecule has 2 nitrogen and oxygen atoms in total. The lowest BCUT2D eigenvalue weighted by molar-refractivity contribution is 0.840. The van der Waals surface area contributed by atoms with E-state index in [9.17, 15) is 0 Å². The molecule has 1 heterocycles. The van der Waals surface area contributed by atoms with Crippen LogP contribution in [0.25, 0.3) is 49.7 Å². The quantitative estimate of drug-likeness (QED) is 0.168. The van der Waals surface area contributed by atoms with Gasteiger partial charge >= 0.3 is 0 Å². The van der Waals surface area contributed by atoms with Crippen LogP contribution in [-0.2, 0) is 0 Å². The fraction of sp³-hybridized carbons (Fsp3) is 0.0417. The lowest BCUT2D eigenvalue weighted by Crippen LogP contribution is -2.17. The maximum Gasteiger partial charge on any atom is 0.0541 e. The Kier molecular flexibility index (Phi) is 7.68. The van der Waals surface area contributed by atoms with Crippen LogP contribution in [0.1, 0.15) is 17.9 Å². The van der Waals surface area contributed by atoms with Crippen molar-refractivity contribution in [3.05, 3.63) is 211 Å². The predicted molar refractivity (Wildman–Crippen MR) is 211 cm³/mol. The molecule has 50 heavy (non-hydrogen) atoms. The number of hydrogen-bond acceptors (Lipinski definition) is 1. The molecular formula is C48H36N2. The Hall–Kier alpha value is -6.38. The third-order valence-electron chi connectivity index (χ3n) is 9.94. The van der Waals surface area contributed by atoms with Crippen LogP contribution in [0.3, 0.4) is 0 Å². The van der Waals surface area contributed by atoms with E-state index in [1.807, 2.05) is 0 Å². The molecule has 0 N–H and O–H groups in total. The Balaban J connectivity index is 1.08. The Morgan fingerprint density at radius 2 is 1.00 bits per heavy atom. The molecule has 0 amide bonds. The van der Waals surface area contributed by atoms with E-state index in [0.717, 1.165) is 17.8 Å². The molecule has 1 aromatic heterocycles. The molecule has 0 radical (unpaired) electrons. The number of benzene rings is 7. The van der Waals surface area contributed by atoms with Gasteiger partial charge in [-0.3, -0.25) is 0 Å². The fourth-order valence-corrected chi connectivity index (χ4v) is 7.41. The number of aromatic nitrogens is 1. The molecule has 7 aromatic carbocycles. The molecule has 0 saturated heterocycles. The summed E-state index contributed by atoms with van der Waals surface area (Å²) in [5, 5.41) is 2.52. The number of allylic oxidation sites excluding steroid dienone is 3. The van der Waals surface area contributed by atoms with Crippen LogP contribution in [-0.4, -0.2) is 4.57 Å². The summed E-state index contributed by atoms with van der Waals surface area (Å²) in [6.45, 7) is 0. The topological polar surface area (TPSA) is 8.17 Å². The van der Waals surface area contributed by atoms with Crippen LogP contribution in [0.4, 0.5) is 11.4 Å². The van der Waals surface area contributed by atoms with Gasteiger partial charge < -0.3 is 9.47 Å². The summed E-state index contributed by atoms with van der Waals surface area (Å²) in [6.07, 6.45) is 7.98. The van der Waals surface area contributed by atoms with Crippen molar-refractivity contribution in [2.75, 3.05) is 4.90 Å². The van der Waals surface area contributed by atoms with Gasteiger partial charge in [0.25, 0.3) is 0 Å². The van der Waals surface area contributed by atoms with Crippen molar-refractivity contribution in [3.63, 3.8) is 0 Å². The largest absolute Gasteiger partial charge is 0.311 e. The zero-order valence-electron chi connectivity index (χ0n) is 27.7. The van der Waals surface area contributed by atoms with E-state index in [1.54, 1.807) is 0 Å². The van der Waals surface area contributed by atoms with Crippen molar-refractivity contribution in [2.45, 2.75) is 12.3 Å². The van der Waals surface area contributed by atoms with Gasteiger partial charge in [-0.2, -0.15) is 0 Å². The van der Waals surface area contributed by atoms with Gasteiger partial charge in [0.2, 0.25) is 0 Å². The van der Waals surface area contributed by atoms with Gasteiger partial charge in [0.15, 0.2) is 0 Å². The van der Waals surface area contributed by atoms with Gasteiger partial charge in [0.1, 0.15) is 0 Å². The molecule has 2 heteroatoms. The smallest absolute Gasteiger partial charge is 0.0541 e. The minimum absolute atomic E-state index is 0.382. The van der Waals surface area contributed by atoms with E-state index >= 15 is 0 Å². The van der Waals surface area contributed by atoms with E-state index in [1.165, 1.54) is 61.0 Å². The molecule has 0 saturated carbocycles. The fourth-order valence-electron chi connectivity index (χ4n) is 7.41. The highest BCUT2D eigenvalue weighted by atomic mass is 15.1. The number of para-hydroxylation sites is 2. The van der Waals surface area contributed by atoms with Crippen molar-refractivity contribution < 1.29 is 0 Å². The van der Waals surface area contributed by atoms with Crippen LogP contribution in [0, 0.1) is 0 Å². The SMILES string of the molecule is C1=CC(c2ccccc2)CC=C1N(c1ccc(-c2ccccc2)cc1)c1ccc(-c2ccc3c(c2)c2ccccc2n3-c2ccccc2)cc1. The highest BCUT2D eigenvalue weighted by Gasteiger charge is 2.19. The number of hydrogen-bond donors (Lipinski definition) is 0. The highest BCUT2D eigenvalue weighted by Crippen LogP contribution is 2.39. The van der Waals surface area contributed by atoms with Crippen LogP contribution in [0.15, 0.2) is 206 Å². The second-order valence-electron chi connectivity index (χ2n) is 13.0. The Labute approximate surface area is 293 Å². The summed E-state index contributed by atoms with van der Waals surface area (Å²) >= 11 is 0. The minimum Gasteiger partial charge on any atom is -0.311 e. The minimum atomic E-state index is 0.382. The average Bonchev–Trinajstić information content (AvgIpc) is 3.53. The zero-order valence-corrected chi connectivity index (χ0v) is 27.7. The van der Waals surface area contributed by atoms with E-state index in [0.29, 0.717) is 5.92 Å².